The van der Waals surface area contributed by atoms with Gasteiger partial charge in [-0.15, -0.1) is 24.5 Å². The molecule has 1 saturated heterocycles. The Labute approximate surface area is 147 Å². The smallest absolute Gasteiger partial charge is 0.406 e. The molecule has 8 heteroatoms. The Morgan fingerprint density at radius 1 is 1.08 bits per heavy atom. The van der Waals surface area contributed by atoms with Crippen LogP contribution in [0.15, 0.2) is 36.4 Å². The highest BCUT2D eigenvalue weighted by Gasteiger charge is 2.31. The highest BCUT2D eigenvalue weighted by atomic mass is 32.1. The maximum Gasteiger partial charge on any atom is 0.573 e. The van der Waals surface area contributed by atoms with Crippen LogP contribution < -0.4 is 10.1 Å². The number of ether oxygens (including phenoxy) is 1. The van der Waals surface area contributed by atoms with Crippen LogP contribution >= 0.6 is 11.3 Å². The van der Waals surface area contributed by atoms with Gasteiger partial charge in [-0.1, -0.05) is 0 Å². The van der Waals surface area contributed by atoms with Crippen LogP contribution in [0.5, 0.6) is 5.75 Å². The molecule has 3 rings (SSSR count). The number of alkyl halides is 3. The molecule has 2 heterocycles. The van der Waals surface area contributed by atoms with E-state index < -0.39 is 6.36 Å². The molecule has 134 valence electrons. The lowest BCUT2D eigenvalue weighted by Gasteiger charge is -2.18. The fourth-order valence-electron chi connectivity index (χ4n) is 2.63. The van der Waals surface area contributed by atoms with Crippen molar-refractivity contribution in [2.75, 3.05) is 26.2 Å². The SMILES string of the molecule is O=C(c1ccc(-c2ccc(OC(F)(F)F)cc2)s1)N1CCCNCC1. The van der Waals surface area contributed by atoms with Crippen molar-refractivity contribution in [3.05, 3.63) is 41.3 Å². The Morgan fingerprint density at radius 2 is 1.84 bits per heavy atom. The summed E-state index contributed by atoms with van der Waals surface area (Å²) in [7, 11) is 0. The van der Waals surface area contributed by atoms with Crippen LogP contribution in [0.25, 0.3) is 10.4 Å². The molecule has 4 nitrogen and oxygen atoms in total. The molecule has 25 heavy (non-hydrogen) atoms. The molecule has 1 N–H and O–H groups in total. The second kappa shape index (κ2) is 7.45. The molecule has 1 fully saturated rings. The Balaban J connectivity index is 1.71. The molecule has 0 radical (unpaired) electrons. The highest BCUT2D eigenvalue weighted by Crippen LogP contribution is 2.31. The van der Waals surface area contributed by atoms with Gasteiger partial charge in [-0.05, 0) is 54.9 Å². The zero-order chi connectivity index (χ0) is 17.9. The Morgan fingerprint density at radius 3 is 2.56 bits per heavy atom. The van der Waals surface area contributed by atoms with E-state index in [9.17, 15) is 18.0 Å². The first-order chi connectivity index (χ1) is 11.9. The molecular weight excluding hydrogens is 353 g/mol. The Bertz CT molecular complexity index is 720. The highest BCUT2D eigenvalue weighted by molar-refractivity contribution is 7.17. The molecule has 0 saturated carbocycles. The van der Waals surface area contributed by atoms with Crippen molar-refractivity contribution < 1.29 is 22.7 Å². The van der Waals surface area contributed by atoms with E-state index in [-0.39, 0.29) is 11.7 Å². The standard InChI is InChI=1S/C17H17F3N2O2S/c18-17(19,20)24-13-4-2-12(3-5-13)14-6-7-15(25-14)16(23)22-10-1-8-21-9-11-22/h2-7,21H,1,8-11H2. The average Bonchev–Trinajstić information content (AvgIpc) is 2.89. The molecule has 1 aliphatic rings. The van der Waals surface area contributed by atoms with Crippen molar-refractivity contribution in [1.29, 1.82) is 0 Å². The van der Waals surface area contributed by atoms with E-state index in [0.717, 1.165) is 36.5 Å². The number of hydrogen-bond donors (Lipinski definition) is 1. The number of hydrogen-bond acceptors (Lipinski definition) is 4. The molecule has 2 aromatic rings. The minimum Gasteiger partial charge on any atom is -0.406 e. The first-order valence-corrected chi connectivity index (χ1v) is 8.70. The summed E-state index contributed by atoms with van der Waals surface area (Å²) in [5, 5.41) is 3.25. The monoisotopic (exact) mass is 370 g/mol. The van der Waals surface area contributed by atoms with Crippen LogP contribution in [0.1, 0.15) is 16.1 Å². The summed E-state index contributed by atoms with van der Waals surface area (Å²) in [5.41, 5.74) is 0.746. The summed E-state index contributed by atoms with van der Waals surface area (Å²) < 4.78 is 40.5. The topological polar surface area (TPSA) is 41.6 Å². The zero-order valence-corrected chi connectivity index (χ0v) is 14.1. The molecule has 1 aromatic carbocycles. The average molecular weight is 370 g/mol. The van der Waals surface area contributed by atoms with Gasteiger partial charge in [0.2, 0.25) is 0 Å². The number of nitrogens with one attached hydrogen (secondary N) is 1. The number of amides is 1. The molecular formula is C17H17F3N2O2S. The van der Waals surface area contributed by atoms with Gasteiger partial charge in [-0.25, -0.2) is 0 Å². The number of nitrogens with zero attached hydrogens (tertiary/aromatic N) is 1. The van der Waals surface area contributed by atoms with Crippen molar-refractivity contribution in [1.82, 2.24) is 10.2 Å². The normalized spacial score (nSPS) is 15.7. The van der Waals surface area contributed by atoms with Gasteiger partial charge in [0.25, 0.3) is 5.91 Å². The predicted molar refractivity (Wildman–Crippen MR) is 89.8 cm³/mol. The molecule has 0 aliphatic carbocycles. The largest absolute Gasteiger partial charge is 0.573 e. The predicted octanol–water partition coefficient (Wildman–Crippen LogP) is 3.75. The molecule has 1 aromatic heterocycles. The molecule has 0 atom stereocenters. The van der Waals surface area contributed by atoms with Gasteiger partial charge in [0, 0.05) is 24.5 Å². The van der Waals surface area contributed by atoms with Crippen LogP contribution in [-0.4, -0.2) is 43.3 Å². The number of halogens is 3. The molecule has 0 unspecified atom stereocenters. The maximum atomic E-state index is 12.6. The van der Waals surface area contributed by atoms with Gasteiger partial charge in [0.1, 0.15) is 5.75 Å². The number of rotatable bonds is 3. The van der Waals surface area contributed by atoms with Gasteiger partial charge in [-0.2, -0.15) is 0 Å². The van der Waals surface area contributed by atoms with Gasteiger partial charge < -0.3 is 15.0 Å². The van der Waals surface area contributed by atoms with E-state index in [2.05, 4.69) is 10.1 Å². The van der Waals surface area contributed by atoms with E-state index in [0.29, 0.717) is 11.4 Å². The Hall–Kier alpha value is -2.06. The summed E-state index contributed by atoms with van der Waals surface area (Å²) in [4.78, 5) is 15.9. The second-order valence-electron chi connectivity index (χ2n) is 5.63. The van der Waals surface area contributed by atoms with Gasteiger partial charge in [0.15, 0.2) is 0 Å². The van der Waals surface area contributed by atoms with E-state index in [1.807, 2.05) is 11.0 Å². The first kappa shape index (κ1) is 17.8. The van der Waals surface area contributed by atoms with Gasteiger partial charge in [0.05, 0.1) is 4.88 Å². The maximum absolute atomic E-state index is 12.6. The first-order valence-electron chi connectivity index (χ1n) is 7.88. The second-order valence-corrected chi connectivity index (χ2v) is 6.72. The van der Waals surface area contributed by atoms with E-state index in [1.165, 1.54) is 23.5 Å². The third kappa shape index (κ3) is 4.73. The van der Waals surface area contributed by atoms with E-state index in [4.69, 9.17) is 0 Å². The zero-order valence-electron chi connectivity index (χ0n) is 13.3. The van der Waals surface area contributed by atoms with Crippen molar-refractivity contribution >= 4 is 17.2 Å². The molecule has 0 bridgehead atoms. The van der Waals surface area contributed by atoms with Crippen LogP contribution in [0, 0.1) is 0 Å². The fourth-order valence-corrected chi connectivity index (χ4v) is 3.61. The number of carbonyl (C=O) groups is 1. The lowest BCUT2D eigenvalue weighted by molar-refractivity contribution is -0.274. The van der Waals surface area contributed by atoms with Crippen molar-refractivity contribution in [2.24, 2.45) is 0 Å². The van der Waals surface area contributed by atoms with Crippen molar-refractivity contribution in [2.45, 2.75) is 12.8 Å². The van der Waals surface area contributed by atoms with Gasteiger partial charge in [-0.3, -0.25) is 4.79 Å². The van der Waals surface area contributed by atoms with E-state index in [1.54, 1.807) is 18.2 Å². The van der Waals surface area contributed by atoms with Crippen LogP contribution in [0.2, 0.25) is 0 Å². The number of carbonyl (C=O) groups excluding carboxylic acids is 1. The minimum absolute atomic E-state index is 0.00280. The quantitative estimate of drug-likeness (QED) is 0.895. The van der Waals surface area contributed by atoms with Crippen molar-refractivity contribution in [3.8, 4) is 16.2 Å². The number of benzene rings is 1. The van der Waals surface area contributed by atoms with Crippen molar-refractivity contribution in [3.63, 3.8) is 0 Å². The lowest BCUT2D eigenvalue weighted by atomic mass is 10.2. The fraction of sp³-hybridized carbons (Fsp3) is 0.353. The number of thiophene rings is 1. The molecule has 0 spiro atoms. The Kier molecular flexibility index (Phi) is 5.29. The molecule has 1 amide bonds. The summed E-state index contributed by atoms with van der Waals surface area (Å²) in [5.74, 6) is -0.266. The third-order valence-electron chi connectivity index (χ3n) is 3.82. The summed E-state index contributed by atoms with van der Waals surface area (Å²) in [6.45, 7) is 3.09. The van der Waals surface area contributed by atoms with Crippen LogP contribution in [0.3, 0.4) is 0 Å². The summed E-state index contributed by atoms with van der Waals surface area (Å²) >= 11 is 1.34. The third-order valence-corrected chi connectivity index (χ3v) is 4.94. The van der Waals surface area contributed by atoms with Gasteiger partial charge >= 0.3 is 6.36 Å². The lowest BCUT2D eigenvalue weighted by Crippen LogP contribution is -2.33. The van der Waals surface area contributed by atoms with E-state index >= 15 is 0 Å². The summed E-state index contributed by atoms with van der Waals surface area (Å²) in [6.07, 6.45) is -3.78. The molecule has 1 aliphatic heterocycles. The van der Waals surface area contributed by atoms with Crippen LogP contribution in [0.4, 0.5) is 13.2 Å². The summed E-state index contributed by atoms with van der Waals surface area (Å²) in [6, 6.07) is 9.22. The minimum atomic E-state index is -4.70. The van der Waals surface area contributed by atoms with Crippen LogP contribution in [-0.2, 0) is 0 Å².